The van der Waals surface area contributed by atoms with Crippen LogP contribution < -0.4 is 10.6 Å². The van der Waals surface area contributed by atoms with Gasteiger partial charge in [-0.3, -0.25) is 9.38 Å². The predicted molar refractivity (Wildman–Crippen MR) is 90.7 cm³/mol. The lowest BCUT2D eigenvalue weighted by atomic mass is 10.1. The summed E-state index contributed by atoms with van der Waals surface area (Å²) in [6, 6.07) is 4.08. The zero-order chi connectivity index (χ0) is 15.8. The maximum absolute atomic E-state index is 6.09. The Balaban J connectivity index is 1.68. The lowest BCUT2D eigenvalue weighted by Gasteiger charge is -2.16. The molecule has 0 spiro atoms. The number of hydrogen-bond acceptors (Lipinski definition) is 5. The number of aromatic nitrogens is 4. The fraction of sp³-hybridized carbons (Fsp3) is 0.312. The molecule has 3 aromatic rings. The molecular formula is C16H17ClN6. The smallest absolute Gasteiger partial charge is 0.145 e. The maximum atomic E-state index is 6.09. The van der Waals surface area contributed by atoms with Crippen molar-refractivity contribution in [3.8, 4) is 11.4 Å². The van der Waals surface area contributed by atoms with Gasteiger partial charge in [0.25, 0.3) is 0 Å². The van der Waals surface area contributed by atoms with Crippen molar-refractivity contribution in [2.45, 2.75) is 13.0 Å². The molecule has 2 N–H and O–H groups in total. The summed E-state index contributed by atoms with van der Waals surface area (Å²) in [6.45, 7) is 4.19. The number of nitrogens with one attached hydrogen (secondary N) is 2. The number of nitrogens with zero attached hydrogens (tertiary/aromatic N) is 4. The molecule has 0 aromatic carbocycles. The average molecular weight is 329 g/mol. The van der Waals surface area contributed by atoms with E-state index in [2.05, 4.69) is 32.5 Å². The van der Waals surface area contributed by atoms with E-state index >= 15 is 0 Å². The summed E-state index contributed by atoms with van der Waals surface area (Å²) in [6.07, 6.45) is 7.12. The first kappa shape index (κ1) is 14.4. The van der Waals surface area contributed by atoms with Gasteiger partial charge in [0.15, 0.2) is 0 Å². The van der Waals surface area contributed by atoms with Crippen LogP contribution in [0.4, 0.5) is 5.82 Å². The third-order valence-corrected chi connectivity index (χ3v) is 4.44. The quantitative estimate of drug-likeness (QED) is 0.773. The number of pyridine rings is 1. The number of fused-ring (bicyclic) bond motifs is 1. The van der Waals surface area contributed by atoms with E-state index in [4.69, 9.17) is 11.6 Å². The summed E-state index contributed by atoms with van der Waals surface area (Å²) < 4.78 is 1.93. The number of halogens is 1. The Bertz CT molecular complexity index is 845. The third-order valence-electron chi connectivity index (χ3n) is 4.22. The molecular weight excluding hydrogens is 312 g/mol. The van der Waals surface area contributed by atoms with Gasteiger partial charge in [-0.15, -0.1) is 0 Å². The largest absolute Gasteiger partial charge is 0.364 e. The minimum atomic E-state index is 0.371. The van der Waals surface area contributed by atoms with E-state index in [0.29, 0.717) is 17.0 Å². The first-order chi connectivity index (χ1) is 11.2. The first-order valence-corrected chi connectivity index (χ1v) is 8.01. The summed E-state index contributed by atoms with van der Waals surface area (Å²) in [5, 5.41) is 7.49. The van der Waals surface area contributed by atoms with Gasteiger partial charge in [0.1, 0.15) is 17.2 Å². The van der Waals surface area contributed by atoms with Crippen LogP contribution in [0.5, 0.6) is 0 Å². The molecule has 4 heterocycles. The molecule has 4 rings (SSSR count). The summed E-state index contributed by atoms with van der Waals surface area (Å²) in [5.41, 5.74) is 2.47. The minimum Gasteiger partial charge on any atom is -0.364 e. The summed E-state index contributed by atoms with van der Waals surface area (Å²) >= 11 is 6.09. The SMILES string of the molecule is C[C@@H]1CNC[C@@H]1Nc1cncc(-c2cnc3ccc(Cl)cn23)n1. The number of hydrogen-bond donors (Lipinski definition) is 2. The van der Waals surface area contributed by atoms with Crippen molar-refractivity contribution in [2.75, 3.05) is 18.4 Å². The summed E-state index contributed by atoms with van der Waals surface area (Å²) in [5.74, 6) is 1.34. The van der Waals surface area contributed by atoms with Crippen molar-refractivity contribution in [3.63, 3.8) is 0 Å². The van der Waals surface area contributed by atoms with Crippen molar-refractivity contribution in [1.82, 2.24) is 24.7 Å². The van der Waals surface area contributed by atoms with Crippen LogP contribution >= 0.6 is 11.6 Å². The molecule has 23 heavy (non-hydrogen) atoms. The lowest BCUT2D eigenvalue weighted by molar-refractivity contribution is 0.593. The highest BCUT2D eigenvalue weighted by atomic mass is 35.5. The molecule has 1 saturated heterocycles. The topological polar surface area (TPSA) is 67.1 Å². The van der Waals surface area contributed by atoms with E-state index in [9.17, 15) is 0 Å². The molecule has 7 heteroatoms. The van der Waals surface area contributed by atoms with Crippen LogP contribution in [0.25, 0.3) is 17.0 Å². The Morgan fingerprint density at radius 3 is 3.00 bits per heavy atom. The highest BCUT2D eigenvalue weighted by Gasteiger charge is 2.23. The van der Waals surface area contributed by atoms with Crippen LogP contribution in [-0.2, 0) is 0 Å². The molecule has 1 fully saturated rings. The number of imidazole rings is 1. The van der Waals surface area contributed by atoms with E-state index in [1.54, 1.807) is 18.6 Å². The number of rotatable bonds is 3. The minimum absolute atomic E-state index is 0.371. The molecule has 3 aromatic heterocycles. The van der Waals surface area contributed by atoms with Crippen molar-refractivity contribution in [3.05, 3.63) is 41.9 Å². The Hall–Kier alpha value is -2.18. The normalized spacial score (nSPS) is 21.0. The van der Waals surface area contributed by atoms with Crippen LogP contribution in [0, 0.1) is 5.92 Å². The molecule has 1 aliphatic rings. The van der Waals surface area contributed by atoms with Gasteiger partial charge < -0.3 is 10.6 Å². The van der Waals surface area contributed by atoms with Crippen LogP contribution in [0.15, 0.2) is 36.9 Å². The second-order valence-corrected chi connectivity index (χ2v) is 6.33. The van der Waals surface area contributed by atoms with Gasteiger partial charge in [-0.1, -0.05) is 18.5 Å². The Morgan fingerprint density at radius 2 is 2.17 bits per heavy atom. The zero-order valence-corrected chi connectivity index (χ0v) is 13.5. The van der Waals surface area contributed by atoms with Crippen molar-refractivity contribution in [1.29, 1.82) is 0 Å². The van der Waals surface area contributed by atoms with Crippen molar-refractivity contribution >= 4 is 23.1 Å². The fourth-order valence-electron chi connectivity index (χ4n) is 2.90. The molecule has 0 unspecified atom stereocenters. The van der Waals surface area contributed by atoms with Gasteiger partial charge in [-0.05, 0) is 24.6 Å². The monoisotopic (exact) mass is 328 g/mol. The predicted octanol–water partition coefficient (Wildman–Crippen LogP) is 2.46. The van der Waals surface area contributed by atoms with Gasteiger partial charge in [0.2, 0.25) is 0 Å². The molecule has 0 aliphatic carbocycles. The van der Waals surface area contributed by atoms with E-state index in [1.807, 2.05) is 22.7 Å². The van der Waals surface area contributed by atoms with E-state index in [0.717, 1.165) is 35.9 Å². The van der Waals surface area contributed by atoms with Gasteiger partial charge in [0, 0.05) is 18.8 Å². The molecule has 118 valence electrons. The molecule has 0 saturated carbocycles. The van der Waals surface area contributed by atoms with E-state index in [-0.39, 0.29) is 0 Å². The van der Waals surface area contributed by atoms with Crippen LogP contribution in [0.2, 0.25) is 5.02 Å². The van der Waals surface area contributed by atoms with Crippen molar-refractivity contribution in [2.24, 2.45) is 5.92 Å². The summed E-state index contributed by atoms with van der Waals surface area (Å²) in [7, 11) is 0. The second-order valence-electron chi connectivity index (χ2n) is 5.89. The fourth-order valence-corrected chi connectivity index (χ4v) is 3.06. The zero-order valence-electron chi connectivity index (χ0n) is 12.7. The Morgan fingerprint density at radius 1 is 1.26 bits per heavy atom. The third kappa shape index (κ3) is 2.75. The van der Waals surface area contributed by atoms with Gasteiger partial charge in [0.05, 0.1) is 29.3 Å². The average Bonchev–Trinajstić information content (AvgIpc) is 3.14. The Kier molecular flexibility index (Phi) is 3.63. The van der Waals surface area contributed by atoms with Gasteiger partial charge in [-0.2, -0.15) is 0 Å². The van der Waals surface area contributed by atoms with E-state index < -0.39 is 0 Å². The molecule has 6 nitrogen and oxygen atoms in total. The first-order valence-electron chi connectivity index (χ1n) is 7.63. The summed E-state index contributed by atoms with van der Waals surface area (Å²) in [4.78, 5) is 13.4. The highest BCUT2D eigenvalue weighted by Crippen LogP contribution is 2.22. The van der Waals surface area contributed by atoms with Gasteiger partial charge in [-0.25, -0.2) is 9.97 Å². The molecule has 0 amide bonds. The second kappa shape index (κ2) is 5.79. The molecule has 0 bridgehead atoms. The molecule has 0 radical (unpaired) electrons. The lowest BCUT2D eigenvalue weighted by Crippen LogP contribution is -2.27. The standard InChI is InChI=1S/C16H17ClN6/c1-10-4-18-5-12(10)21-15-8-19-6-13(22-15)14-7-20-16-3-2-11(17)9-23(14)16/h2-3,6-10,12,18H,4-5H2,1H3,(H,21,22)/t10-,12+/m1/s1. The van der Waals surface area contributed by atoms with Crippen LogP contribution in [-0.4, -0.2) is 38.5 Å². The Labute approximate surface area is 138 Å². The van der Waals surface area contributed by atoms with Gasteiger partial charge >= 0.3 is 0 Å². The van der Waals surface area contributed by atoms with Crippen LogP contribution in [0.1, 0.15) is 6.92 Å². The molecule has 1 aliphatic heterocycles. The number of anilines is 1. The van der Waals surface area contributed by atoms with Crippen molar-refractivity contribution < 1.29 is 0 Å². The molecule has 2 atom stereocenters. The van der Waals surface area contributed by atoms with Crippen LogP contribution in [0.3, 0.4) is 0 Å². The maximum Gasteiger partial charge on any atom is 0.145 e. The van der Waals surface area contributed by atoms with E-state index in [1.165, 1.54) is 0 Å². The highest BCUT2D eigenvalue weighted by molar-refractivity contribution is 6.30.